The Morgan fingerprint density at radius 3 is 1.17 bits per heavy atom. The van der Waals surface area contributed by atoms with Crippen molar-refractivity contribution >= 4 is 6.21 Å². The van der Waals surface area contributed by atoms with E-state index in [1.807, 2.05) is 0 Å². The summed E-state index contributed by atoms with van der Waals surface area (Å²) in [5, 5.41) is 0. The topological polar surface area (TPSA) is 21.5 Å². The van der Waals surface area contributed by atoms with Gasteiger partial charge >= 0.3 is 0 Å². The van der Waals surface area contributed by atoms with Gasteiger partial charge in [0.2, 0.25) is 0 Å². The van der Waals surface area contributed by atoms with Crippen molar-refractivity contribution in [3.8, 4) is 0 Å². The first-order chi connectivity index (χ1) is 17.7. The summed E-state index contributed by atoms with van der Waals surface area (Å²) < 4.78 is 14.2. The van der Waals surface area contributed by atoms with Crippen molar-refractivity contribution in [3.63, 3.8) is 0 Å². The van der Waals surface area contributed by atoms with E-state index in [1.54, 1.807) is 0 Å². The average molecular weight is 511 g/mol. The first kappa shape index (κ1) is 35.6. The predicted molar refractivity (Wildman–Crippen MR) is 161 cm³/mol. The minimum absolute atomic E-state index is 0.0880. The monoisotopic (exact) mass is 511 g/mol. The summed E-state index contributed by atoms with van der Waals surface area (Å²) in [5.41, 5.74) is 0. The zero-order chi connectivity index (χ0) is 26.4. The molecule has 0 aliphatic heterocycles. The van der Waals surface area contributed by atoms with Crippen LogP contribution in [-0.4, -0.2) is 50.8 Å². The number of nitrogens with zero attached hydrogens (tertiary/aromatic N) is 1. The van der Waals surface area contributed by atoms with Gasteiger partial charge in [-0.15, -0.1) is 0 Å². The van der Waals surface area contributed by atoms with E-state index in [9.17, 15) is 0 Å². The molecular weight excluding hydrogens is 442 g/mol. The molecule has 0 bridgehead atoms. The zero-order valence-electron chi connectivity index (χ0n) is 25.5. The minimum Gasteiger partial charge on any atom is -0.378 e. The molecule has 0 amide bonds. The summed E-state index contributed by atoms with van der Waals surface area (Å²) in [4.78, 5) is 0. The van der Waals surface area contributed by atoms with Crippen LogP contribution in [0.25, 0.3) is 0 Å². The van der Waals surface area contributed by atoms with Crippen LogP contribution in [0.5, 0.6) is 0 Å². The Morgan fingerprint density at radius 2 is 0.806 bits per heavy atom. The summed E-state index contributed by atoms with van der Waals surface area (Å²) in [5.74, 6) is 0. The number of rotatable bonds is 30. The van der Waals surface area contributed by atoms with Crippen LogP contribution in [-0.2, 0) is 9.47 Å². The van der Waals surface area contributed by atoms with Crippen LogP contribution in [0, 0.1) is 0 Å². The second-order valence-corrected chi connectivity index (χ2v) is 11.4. The summed E-state index contributed by atoms with van der Waals surface area (Å²) in [6.45, 7) is 7.00. The molecule has 3 heteroatoms. The maximum atomic E-state index is 6.14. The third-order valence-corrected chi connectivity index (χ3v) is 7.22. The van der Waals surface area contributed by atoms with Gasteiger partial charge in [0.25, 0.3) is 0 Å². The van der Waals surface area contributed by atoms with Crippen LogP contribution in [0.3, 0.4) is 0 Å². The maximum Gasteiger partial charge on any atom is 0.170 e. The number of ether oxygens (including phenoxy) is 2. The molecule has 0 aliphatic rings. The molecule has 0 N–H and O–H groups in total. The van der Waals surface area contributed by atoms with Crippen LogP contribution in [0.15, 0.2) is 0 Å². The number of unbranched alkanes of at least 4 members (excludes halogenated alkanes) is 22. The van der Waals surface area contributed by atoms with Gasteiger partial charge in [0.1, 0.15) is 14.1 Å². The largest absolute Gasteiger partial charge is 0.378 e. The van der Waals surface area contributed by atoms with E-state index in [-0.39, 0.29) is 6.10 Å². The van der Waals surface area contributed by atoms with E-state index in [4.69, 9.17) is 9.47 Å². The van der Waals surface area contributed by atoms with Gasteiger partial charge in [0, 0.05) is 13.2 Å². The Balaban J connectivity index is 3.52. The first-order valence-corrected chi connectivity index (χ1v) is 16.4. The van der Waals surface area contributed by atoms with Gasteiger partial charge in [-0.2, -0.15) is 0 Å². The SMILES string of the molecule is CCCCCCCCCCCCCCOCC(C=[N+](C)C)OCCCCCCCCCCCCCC. The first-order valence-electron chi connectivity index (χ1n) is 16.4. The summed E-state index contributed by atoms with van der Waals surface area (Å²) in [7, 11) is 4.15. The summed E-state index contributed by atoms with van der Waals surface area (Å²) in [6, 6.07) is 0. The molecule has 0 aromatic carbocycles. The highest BCUT2D eigenvalue weighted by molar-refractivity contribution is 5.57. The van der Waals surface area contributed by atoms with Crippen LogP contribution >= 0.6 is 0 Å². The van der Waals surface area contributed by atoms with Crippen LogP contribution in [0.1, 0.15) is 168 Å². The lowest BCUT2D eigenvalue weighted by molar-refractivity contribution is -0.462. The Bertz CT molecular complexity index is 433. The molecule has 36 heavy (non-hydrogen) atoms. The molecule has 0 aromatic rings. The van der Waals surface area contributed by atoms with Gasteiger partial charge in [-0.1, -0.05) is 155 Å². The molecule has 0 spiro atoms. The van der Waals surface area contributed by atoms with E-state index >= 15 is 0 Å². The summed E-state index contributed by atoms with van der Waals surface area (Å²) in [6.07, 6.45) is 35.5. The highest BCUT2D eigenvalue weighted by Crippen LogP contribution is 2.13. The molecule has 0 saturated carbocycles. The van der Waals surface area contributed by atoms with Crippen molar-refractivity contribution in [2.75, 3.05) is 33.9 Å². The van der Waals surface area contributed by atoms with Crippen molar-refractivity contribution in [1.82, 2.24) is 0 Å². The number of hydrogen-bond donors (Lipinski definition) is 0. The average Bonchev–Trinajstić information content (AvgIpc) is 2.86. The molecule has 0 rings (SSSR count). The van der Waals surface area contributed by atoms with E-state index in [2.05, 4.69) is 38.7 Å². The molecule has 0 aliphatic carbocycles. The molecule has 0 aromatic heterocycles. The quantitative estimate of drug-likeness (QED) is 0.0544. The molecule has 1 atom stereocenters. The smallest absolute Gasteiger partial charge is 0.170 e. The van der Waals surface area contributed by atoms with Crippen LogP contribution in [0.4, 0.5) is 0 Å². The molecule has 216 valence electrons. The zero-order valence-corrected chi connectivity index (χ0v) is 25.5. The highest BCUT2D eigenvalue weighted by atomic mass is 16.5. The van der Waals surface area contributed by atoms with E-state index in [1.165, 1.54) is 154 Å². The molecule has 0 fully saturated rings. The van der Waals surface area contributed by atoms with Crippen molar-refractivity contribution in [1.29, 1.82) is 0 Å². The second kappa shape index (κ2) is 30.8. The van der Waals surface area contributed by atoms with Gasteiger partial charge in [-0.3, -0.25) is 0 Å². The van der Waals surface area contributed by atoms with Crippen molar-refractivity contribution < 1.29 is 14.0 Å². The lowest BCUT2D eigenvalue weighted by Gasteiger charge is -2.13. The van der Waals surface area contributed by atoms with Gasteiger partial charge in [-0.05, 0) is 12.8 Å². The third-order valence-electron chi connectivity index (χ3n) is 7.22. The fourth-order valence-corrected chi connectivity index (χ4v) is 4.89. The standard InChI is InChI=1S/C33H68NO2/c1-5-7-9-11-13-15-17-19-21-23-25-27-29-35-32-33(31-34(3)4)36-30-28-26-24-22-20-18-16-14-12-10-8-6-2/h31,33H,5-30,32H2,1-4H3/q+1. The highest BCUT2D eigenvalue weighted by Gasteiger charge is 2.10. The Kier molecular flexibility index (Phi) is 30.5. The van der Waals surface area contributed by atoms with Crippen molar-refractivity contribution in [2.45, 2.75) is 174 Å². The molecule has 1 unspecified atom stereocenters. The molecular formula is C33H68NO2+. The molecule has 3 nitrogen and oxygen atoms in total. The molecule has 0 heterocycles. The van der Waals surface area contributed by atoms with Gasteiger partial charge in [0.15, 0.2) is 12.3 Å². The fraction of sp³-hybridized carbons (Fsp3) is 0.970. The maximum absolute atomic E-state index is 6.14. The Labute approximate surface area is 228 Å². The Morgan fingerprint density at radius 1 is 0.472 bits per heavy atom. The van der Waals surface area contributed by atoms with Crippen molar-refractivity contribution in [2.24, 2.45) is 0 Å². The predicted octanol–water partition coefficient (Wildman–Crippen LogP) is 10.1. The third kappa shape index (κ3) is 29.8. The molecule has 0 saturated heterocycles. The van der Waals surface area contributed by atoms with Crippen LogP contribution < -0.4 is 0 Å². The summed E-state index contributed by atoms with van der Waals surface area (Å²) >= 11 is 0. The lowest BCUT2D eigenvalue weighted by Crippen LogP contribution is -2.26. The van der Waals surface area contributed by atoms with Gasteiger partial charge < -0.3 is 9.47 Å². The van der Waals surface area contributed by atoms with E-state index < -0.39 is 0 Å². The van der Waals surface area contributed by atoms with Gasteiger partial charge in [0.05, 0.1) is 6.61 Å². The van der Waals surface area contributed by atoms with Gasteiger partial charge in [-0.25, -0.2) is 4.58 Å². The molecule has 0 radical (unpaired) electrons. The van der Waals surface area contributed by atoms with Crippen molar-refractivity contribution in [3.05, 3.63) is 0 Å². The van der Waals surface area contributed by atoms with E-state index in [0.717, 1.165) is 13.2 Å². The number of hydrogen-bond acceptors (Lipinski definition) is 2. The van der Waals surface area contributed by atoms with Crippen LogP contribution in [0.2, 0.25) is 0 Å². The fourth-order valence-electron chi connectivity index (χ4n) is 4.89. The Hall–Kier alpha value is -0.410. The van der Waals surface area contributed by atoms with E-state index in [0.29, 0.717) is 6.61 Å². The second-order valence-electron chi connectivity index (χ2n) is 11.4. The lowest BCUT2D eigenvalue weighted by atomic mass is 10.1. The normalized spacial score (nSPS) is 12.2. The minimum atomic E-state index is 0.0880.